The highest BCUT2D eigenvalue weighted by atomic mass is 16.5. The number of hydrogen-bond acceptors (Lipinski definition) is 3. The van der Waals surface area contributed by atoms with Crippen LogP contribution in [-0.2, 0) is 4.74 Å². The molecular weight excluding hydrogens is 242 g/mol. The third-order valence-corrected chi connectivity index (χ3v) is 3.05. The number of benzene rings is 1. The molecule has 0 saturated heterocycles. The lowest BCUT2D eigenvalue weighted by molar-refractivity contribution is 0.0936. The predicted octanol–water partition coefficient (Wildman–Crippen LogP) is 3.01. The number of rotatable bonds is 4. The number of ether oxygens (including phenoxy) is 1. The number of nitrogens with one attached hydrogen (secondary N) is 1. The van der Waals surface area contributed by atoms with Gasteiger partial charge in [-0.3, -0.25) is 4.79 Å². The standard InChI is InChI=1S/C15H17NO3/c1-10(18-3)11-5-4-6-12(9-11)13-7-8-14(19-13)15(17)16-2/h4-10H,1-3H3,(H,16,17)/t10-/m0/s1. The zero-order valence-electron chi connectivity index (χ0n) is 11.3. The first-order chi connectivity index (χ1) is 9.15. The van der Waals surface area contributed by atoms with Crippen molar-refractivity contribution in [1.82, 2.24) is 5.32 Å². The molecule has 1 atom stereocenters. The molecule has 2 aromatic rings. The predicted molar refractivity (Wildman–Crippen MR) is 73.0 cm³/mol. The monoisotopic (exact) mass is 259 g/mol. The minimum absolute atomic E-state index is 0.0216. The molecule has 0 fully saturated rings. The van der Waals surface area contributed by atoms with Gasteiger partial charge < -0.3 is 14.5 Å². The van der Waals surface area contributed by atoms with E-state index in [4.69, 9.17) is 9.15 Å². The van der Waals surface area contributed by atoms with Crippen molar-refractivity contribution in [3.05, 3.63) is 47.7 Å². The molecule has 0 aliphatic carbocycles. The molecule has 1 aromatic carbocycles. The van der Waals surface area contributed by atoms with Crippen LogP contribution >= 0.6 is 0 Å². The minimum atomic E-state index is -0.229. The molecule has 100 valence electrons. The van der Waals surface area contributed by atoms with Crippen molar-refractivity contribution in [3.63, 3.8) is 0 Å². The molecule has 2 rings (SSSR count). The van der Waals surface area contributed by atoms with Crippen molar-refractivity contribution >= 4 is 5.91 Å². The van der Waals surface area contributed by atoms with Crippen molar-refractivity contribution in [2.45, 2.75) is 13.0 Å². The molecule has 0 spiro atoms. The summed E-state index contributed by atoms with van der Waals surface area (Å²) in [6.07, 6.45) is 0.0216. The maximum absolute atomic E-state index is 11.5. The molecule has 0 bridgehead atoms. The second-order valence-electron chi connectivity index (χ2n) is 4.25. The van der Waals surface area contributed by atoms with E-state index >= 15 is 0 Å². The van der Waals surface area contributed by atoms with Gasteiger partial charge in [0, 0.05) is 19.7 Å². The van der Waals surface area contributed by atoms with E-state index in [1.165, 1.54) is 0 Å². The Morgan fingerprint density at radius 3 is 2.79 bits per heavy atom. The SMILES string of the molecule is CNC(=O)c1ccc(-c2cccc([C@H](C)OC)c2)o1. The highest BCUT2D eigenvalue weighted by Crippen LogP contribution is 2.26. The Hall–Kier alpha value is -2.07. The quantitative estimate of drug-likeness (QED) is 0.918. The molecule has 0 saturated carbocycles. The van der Waals surface area contributed by atoms with Gasteiger partial charge in [-0.2, -0.15) is 0 Å². The summed E-state index contributed by atoms with van der Waals surface area (Å²) in [6, 6.07) is 11.4. The lowest BCUT2D eigenvalue weighted by Gasteiger charge is -2.10. The van der Waals surface area contributed by atoms with Crippen LogP contribution in [0.15, 0.2) is 40.8 Å². The van der Waals surface area contributed by atoms with Gasteiger partial charge in [0.15, 0.2) is 5.76 Å². The van der Waals surface area contributed by atoms with E-state index in [2.05, 4.69) is 5.32 Å². The summed E-state index contributed by atoms with van der Waals surface area (Å²) in [5.74, 6) is 0.749. The van der Waals surface area contributed by atoms with Crippen LogP contribution in [0.1, 0.15) is 29.1 Å². The van der Waals surface area contributed by atoms with Crippen LogP contribution in [0.2, 0.25) is 0 Å². The van der Waals surface area contributed by atoms with Gasteiger partial charge >= 0.3 is 0 Å². The Kier molecular flexibility index (Phi) is 4.02. The van der Waals surface area contributed by atoms with E-state index in [9.17, 15) is 4.79 Å². The van der Waals surface area contributed by atoms with E-state index in [1.807, 2.05) is 31.2 Å². The Labute approximate surface area is 112 Å². The molecule has 4 heteroatoms. The fourth-order valence-electron chi connectivity index (χ4n) is 1.82. The average molecular weight is 259 g/mol. The van der Waals surface area contributed by atoms with Gasteiger partial charge in [0.1, 0.15) is 5.76 Å². The first-order valence-electron chi connectivity index (χ1n) is 6.10. The van der Waals surface area contributed by atoms with E-state index in [-0.39, 0.29) is 12.0 Å². The van der Waals surface area contributed by atoms with Crippen LogP contribution in [-0.4, -0.2) is 20.1 Å². The van der Waals surface area contributed by atoms with Crippen molar-refractivity contribution in [2.75, 3.05) is 14.2 Å². The van der Waals surface area contributed by atoms with Gasteiger partial charge in [-0.25, -0.2) is 0 Å². The number of carbonyl (C=O) groups is 1. The molecule has 0 unspecified atom stereocenters. The molecule has 1 amide bonds. The Balaban J connectivity index is 2.31. The Morgan fingerprint density at radius 2 is 2.11 bits per heavy atom. The molecule has 4 nitrogen and oxygen atoms in total. The molecule has 1 aromatic heterocycles. The highest BCUT2D eigenvalue weighted by molar-refractivity contribution is 5.91. The largest absolute Gasteiger partial charge is 0.451 e. The molecule has 0 aliphatic rings. The lowest BCUT2D eigenvalue weighted by Crippen LogP contribution is -2.16. The normalized spacial score (nSPS) is 12.2. The first kappa shape index (κ1) is 13.4. The Morgan fingerprint density at radius 1 is 1.32 bits per heavy atom. The number of furan rings is 1. The second-order valence-corrected chi connectivity index (χ2v) is 4.25. The molecule has 19 heavy (non-hydrogen) atoms. The van der Waals surface area contributed by atoms with E-state index in [0.717, 1.165) is 11.1 Å². The van der Waals surface area contributed by atoms with Gasteiger partial charge in [-0.1, -0.05) is 18.2 Å². The lowest BCUT2D eigenvalue weighted by atomic mass is 10.1. The van der Waals surface area contributed by atoms with Crippen LogP contribution in [0.25, 0.3) is 11.3 Å². The number of amides is 1. The average Bonchev–Trinajstić information content (AvgIpc) is 2.95. The van der Waals surface area contributed by atoms with Crippen molar-refractivity contribution in [2.24, 2.45) is 0 Å². The molecule has 1 N–H and O–H groups in total. The minimum Gasteiger partial charge on any atom is -0.451 e. The van der Waals surface area contributed by atoms with Crippen LogP contribution in [0.3, 0.4) is 0 Å². The third-order valence-electron chi connectivity index (χ3n) is 3.05. The van der Waals surface area contributed by atoms with Crippen LogP contribution in [0.5, 0.6) is 0 Å². The first-order valence-corrected chi connectivity index (χ1v) is 6.10. The van der Waals surface area contributed by atoms with Gasteiger partial charge in [0.2, 0.25) is 0 Å². The van der Waals surface area contributed by atoms with Crippen molar-refractivity contribution < 1.29 is 13.9 Å². The number of hydrogen-bond donors (Lipinski definition) is 1. The van der Waals surface area contributed by atoms with Gasteiger partial charge in [0.25, 0.3) is 5.91 Å². The van der Waals surface area contributed by atoms with Crippen LogP contribution in [0, 0.1) is 0 Å². The fourth-order valence-corrected chi connectivity index (χ4v) is 1.82. The Bertz CT molecular complexity index is 574. The van der Waals surface area contributed by atoms with Crippen LogP contribution in [0.4, 0.5) is 0 Å². The molecule has 1 heterocycles. The van der Waals surface area contributed by atoms with E-state index in [1.54, 1.807) is 26.3 Å². The topological polar surface area (TPSA) is 51.5 Å². The number of methoxy groups -OCH3 is 1. The van der Waals surface area contributed by atoms with E-state index < -0.39 is 0 Å². The highest BCUT2D eigenvalue weighted by Gasteiger charge is 2.11. The summed E-state index contributed by atoms with van der Waals surface area (Å²) in [4.78, 5) is 11.5. The fraction of sp³-hybridized carbons (Fsp3) is 0.267. The van der Waals surface area contributed by atoms with Crippen molar-refractivity contribution in [3.8, 4) is 11.3 Å². The maximum atomic E-state index is 11.5. The summed E-state index contributed by atoms with van der Waals surface area (Å²) < 4.78 is 10.8. The second kappa shape index (κ2) is 5.71. The third kappa shape index (κ3) is 2.85. The summed E-state index contributed by atoms with van der Waals surface area (Å²) in [5, 5.41) is 2.53. The summed E-state index contributed by atoms with van der Waals surface area (Å²) in [5.41, 5.74) is 1.99. The van der Waals surface area contributed by atoms with Gasteiger partial charge in [-0.05, 0) is 30.7 Å². The maximum Gasteiger partial charge on any atom is 0.286 e. The molecule has 0 radical (unpaired) electrons. The zero-order valence-corrected chi connectivity index (χ0v) is 11.3. The zero-order chi connectivity index (χ0) is 13.8. The van der Waals surface area contributed by atoms with Gasteiger partial charge in [0.05, 0.1) is 6.10 Å². The summed E-state index contributed by atoms with van der Waals surface area (Å²) in [6.45, 7) is 1.98. The molecular formula is C15H17NO3. The number of carbonyl (C=O) groups excluding carboxylic acids is 1. The summed E-state index contributed by atoms with van der Waals surface area (Å²) >= 11 is 0. The van der Waals surface area contributed by atoms with Crippen molar-refractivity contribution in [1.29, 1.82) is 0 Å². The van der Waals surface area contributed by atoms with Crippen LogP contribution < -0.4 is 5.32 Å². The summed E-state index contributed by atoms with van der Waals surface area (Å²) in [7, 11) is 3.25. The van der Waals surface area contributed by atoms with Gasteiger partial charge in [-0.15, -0.1) is 0 Å². The smallest absolute Gasteiger partial charge is 0.286 e. The molecule has 0 aliphatic heterocycles. The van der Waals surface area contributed by atoms with E-state index in [0.29, 0.717) is 11.5 Å².